The Morgan fingerprint density at radius 3 is 2.94 bits per heavy atom. The Hall–Kier alpha value is -1.08. The standard InChI is InChI=1S/C15H16ClN/c16-12-5-1-4-11(10-12)13-6-2-8-15-14(13)7-3-9-17-15/h2-3,6-9,11-12H,1,4-5,10H2. The zero-order valence-electron chi connectivity index (χ0n) is 9.77. The van der Waals surface area contributed by atoms with Gasteiger partial charge in [0.25, 0.3) is 0 Å². The summed E-state index contributed by atoms with van der Waals surface area (Å²) in [5.41, 5.74) is 2.53. The first kappa shape index (κ1) is 11.0. The fourth-order valence-corrected chi connectivity index (χ4v) is 3.27. The SMILES string of the molecule is ClC1CCCC(c2cccc3ncccc23)C1. The Labute approximate surface area is 107 Å². The summed E-state index contributed by atoms with van der Waals surface area (Å²) < 4.78 is 0. The highest BCUT2D eigenvalue weighted by Gasteiger charge is 2.22. The molecular formula is C15H16ClN. The average Bonchev–Trinajstić information content (AvgIpc) is 2.38. The summed E-state index contributed by atoms with van der Waals surface area (Å²) in [6.07, 6.45) is 6.64. The van der Waals surface area contributed by atoms with Gasteiger partial charge in [0.1, 0.15) is 0 Å². The summed E-state index contributed by atoms with van der Waals surface area (Å²) in [4.78, 5) is 4.42. The van der Waals surface area contributed by atoms with Gasteiger partial charge < -0.3 is 0 Å². The summed E-state index contributed by atoms with van der Waals surface area (Å²) in [7, 11) is 0. The monoisotopic (exact) mass is 245 g/mol. The Kier molecular flexibility index (Phi) is 3.02. The molecule has 2 heteroatoms. The number of fused-ring (bicyclic) bond motifs is 1. The predicted octanol–water partition coefficient (Wildman–Crippen LogP) is 4.50. The number of alkyl halides is 1. The lowest BCUT2D eigenvalue weighted by molar-refractivity contribution is 0.451. The van der Waals surface area contributed by atoms with Gasteiger partial charge in [0, 0.05) is 17.0 Å². The van der Waals surface area contributed by atoms with E-state index in [0.29, 0.717) is 11.3 Å². The molecule has 1 heterocycles. The van der Waals surface area contributed by atoms with Crippen LogP contribution in [0.3, 0.4) is 0 Å². The van der Waals surface area contributed by atoms with Crippen molar-refractivity contribution in [3.8, 4) is 0 Å². The van der Waals surface area contributed by atoms with Crippen LogP contribution in [0.2, 0.25) is 0 Å². The highest BCUT2D eigenvalue weighted by atomic mass is 35.5. The molecule has 1 fully saturated rings. The van der Waals surface area contributed by atoms with Crippen LogP contribution < -0.4 is 0 Å². The van der Waals surface area contributed by atoms with Crippen LogP contribution in [0.15, 0.2) is 36.5 Å². The lowest BCUT2D eigenvalue weighted by atomic mass is 9.82. The quantitative estimate of drug-likeness (QED) is 0.674. The molecule has 1 aromatic carbocycles. The first-order valence-corrected chi connectivity index (χ1v) is 6.76. The highest BCUT2D eigenvalue weighted by Crippen LogP contribution is 2.37. The lowest BCUT2D eigenvalue weighted by Crippen LogP contribution is -2.14. The molecule has 88 valence electrons. The number of hydrogen-bond acceptors (Lipinski definition) is 1. The first-order chi connectivity index (χ1) is 8.34. The smallest absolute Gasteiger partial charge is 0.0704 e. The first-order valence-electron chi connectivity index (χ1n) is 6.32. The van der Waals surface area contributed by atoms with E-state index in [2.05, 4.69) is 29.2 Å². The second kappa shape index (κ2) is 4.66. The summed E-state index contributed by atoms with van der Waals surface area (Å²) in [6.45, 7) is 0. The maximum Gasteiger partial charge on any atom is 0.0704 e. The van der Waals surface area contributed by atoms with Gasteiger partial charge in [-0.05, 0) is 42.9 Å². The summed E-state index contributed by atoms with van der Waals surface area (Å²) in [5, 5.41) is 1.64. The fraction of sp³-hybridized carbons (Fsp3) is 0.400. The van der Waals surface area contributed by atoms with E-state index in [9.17, 15) is 0 Å². The van der Waals surface area contributed by atoms with E-state index >= 15 is 0 Å². The van der Waals surface area contributed by atoms with Gasteiger partial charge in [0.2, 0.25) is 0 Å². The zero-order chi connectivity index (χ0) is 11.7. The van der Waals surface area contributed by atoms with Gasteiger partial charge in [-0.3, -0.25) is 4.98 Å². The number of hydrogen-bond donors (Lipinski definition) is 0. The molecule has 3 rings (SSSR count). The maximum absolute atomic E-state index is 6.30. The van der Waals surface area contributed by atoms with E-state index in [1.807, 2.05) is 12.3 Å². The summed E-state index contributed by atoms with van der Waals surface area (Å²) in [5.74, 6) is 0.610. The van der Waals surface area contributed by atoms with Crippen LogP contribution in [0.5, 0.6) is 0 Å². The number of nitrogens with zero attached hydrogens (tertiary/aromatic N) is 1. The number of halogens is 1. The summed E-state index contributed by atoms with van der Waals surface area (Å²) >= 11 is 6.30. The van der Waals surface area contributed by atoms with E-state index in [0.717, 1.165) is 11.9 Å². The molecule has 1 saturated carbocycles. The van der Waals surface area contributed by atoms with Crippen LogP contribution in [0, 0.1) is 0 Å². The van der Waals surface area contributed by atoms with Crippen molar-refractivity contribution >= 4 is 22.5 Å². The van der Waals surface area contributed by atoms with Crippen molar-refractivity contribution in [3.05, 3.63) is 42.1 Å². The van der Waals surface area contributed by atoms with E-state index in [1.54, 1.807) is 0 Å². The van der Waals surface area contributed by atoms with Gasteiger partial charge >= 0.3 is 0 Å². The number of aromatic nitrogens is 1. The number of rotatable bonds is 1. The number of benzene rings is 1. The third kappa shape index (κ3) is 2.16. The van der Waals surface area contributed by atoms with Crippen LogP contribution in [0.1, 0.15) is 37.2 Å². The van der Waals surface area contributed by atoms with Gasteiger partial charge in [0.05, 0.1) is 5.52 Å². The van der Waals surface area contributed by atoms with E-state index in [4.69, 9.17) is 11.6 Å². The molecule has 1 aliphatic rings. The van der Waals surface area contributed by atoms with Crippen LogP contribution >= 0.6 is 11.6 Å². The average molecular weight is 246 g/mol. The molecule has 1 nitrogen and oxygen atoms in total. The molecule has 2 atom stereocenters. The molecule has 0 bridgehead atoms. The maximum atomic E-state index is 6.30. The van der Waals surface area contributed by atoms with Crippen LogP contribution in [0.4, 0.5) is 0 Å². The summed E-state index contributed by atoms with van der Waals surface area (Å²) in [6, 6.07) is 10.6. The van der Waals surface area contributed by atoms with Gasteiger partial charge in [-0.1, -0.05) is 24.6 Å². The fourth-order valence-electron chi connectivity index (χ4n) is 2.90. The molecule has 1 aliphatic carbocycles. The van der Waals surface area contributed by atoms with Crippen molar-refractivity contribution in [1.82, 2.24) is 4.98 Å². The molecule has 0 amide bonds. The largest absolute Gasteiger partial charge is 0.256 e. The lowest BCUT2D eigenvalue weighted by Gasteiger charge is -2.26. The Morgan fingerprint density at radius 1 is 1.12 bits per heavy atom. The van der Waals surface area contributed by atoms with E-state index in [-0.39, 0.29) is 0 Å². The number of pyridine rings is 1. The molecular weight excluding hydrogens is 230 g/mol. The van der Waals surface area contributed by atoms with Crippen molar-refractivity contribution in [1.29, 1.82) is 0 Å². The molecule has 0 aliphatic heterocycles. The van der Waals surface area contributed by atoms with Gasteiger partial charge in [-0.25, -0.2) is 0 Å². The minimum absolute atomic E-state index is 0.348. The normalized spacial score (nSPS) is 25.0. The third-order valence-corrected chi connectivity index (χ3v) is 4.13. The minimum atomic E-state index is 0.348. The second-order valence-electron chi connectivity index (χ2n) is 4.88. The van der Waals surface area contributed by atoms with Crippen molar-refractivity contribution in [3.63, 3.8) is 0 Å². The van der Waals surface area contributed by atoms with E-state index < -0.39 is 0 Å². The third-order valence-electron chi connectivity index (χ3n) is 3.73. The van der Waals surface area contributed by atoms with Crippen LogP contribution in [-0.2, 0) is 0 Å². The minimum Gasteiger partial charge on any atom is -0.256 e. The van der Waals surface area contributed by atoms with Crippen molar-refractivity contribution in [2.75, 3.05) is 0 Å². The second-order valence-corrected chi connectivity index (χ2v) is 5.50. The molecule has 2 aromatic rings. The molecule has 0 radical (unpaired) electrons. The van der Waals surface area contributed by atoms with Gasteiger partial charge in [-0.2, -0.15) is 0 Å². The zero-order valence-corrected chi connectivity index (χ0v) is 10.5. The molecule has 2 unspecified atom stereocenters. The van der Waals surface area contributed by atoms with Crippen molar-refractivity contribution in [2.45, 2.75) is 37.0 Å². The molecule has 0 saturated heterocycles. The topological polar surface area (TPSA) is 12.9 Å². The molecule has 17 heavy (non-hydrogen) atoms. The highest BCUT2D eigenvalue weighted by molar-refractivity contribution is 6.20. The molecule has 0 spiro atoms. The van der Waals surface area contributed by atoms with Gasteiger partial charge in [-0.15, -0.1) is 11.6 Å². The Bertz CT molecular complexity index is 518. The molecule has 1 aromatic heterocycles. The van der Waals surface area contributed by atoms with Crippen molar-refractivity contribution < 1.29 is 0 Å². The Morgan fingerprint density at radius 2 is 2.06 bits per heavy atom. The van der Waals surface area contributed by atoms with Crippen LogP contribution in [-0.4, -0.2) is 10.4 Å². The van der Waals surface area contributed by atoms with Crippen molar-refractivity contribution in [2.24, 2.45) is 0 Å². The van der Waals surface area contributed by atoms with Crippen LogP contribution in [0.25, 0.3) is 10.9 Å². The Balaban J connectivity index is 2.04. The van der Waals surface area contributed by atoms with E-state index in [1.165, 1.54) is 30.2 Å². The predicted molar refractivity (Wildman–Crippen MR) is 72.6 cm³/mol. The van der Waals surface area contributed by atoms with Gasteiger partial charge in [0.15, 0.2) is 0 Å². The molecule has 0 N–H and O–H groups in total.